The molecule has 10 rings (SSSR count). The van der Waals surface area contributed by atoms with Crippen molar-refractivity contribution in [2.75, 3.05) is 4.90 Å². The molecule has 55 heavy (non-hydrogen) atoms. The lowest BCUT2D eigenvalue weighted by atomic mass is 9.77. The standard InChI is InChI=1S/C54H49N/c1-53(2)48-26-12-11-22-47(48)51-44(23-15-27-49(51)53)46-25-14-24-45-43-33-32-42(35-50(43)54(3,4)52(45)46)55(40-19-9-6-10-20-40)41-21-13-18-39(34-41)38-30-28-37(29-31-38)36-16-7-5-8-17-36/h6,9-15,18-36H,5,7-8,16-17H2,1-4H3. The maximum absolute atomic E-state index is 2.46. The Bertz CT molecular complexity index is 2560. The van der Waals surface area contributed by atoms with Gasteiger partial charge in [0.1, 0.15) is 0 Å². The van der Waals surface area contributed by atoms with Gasteiger partial charge in [0.15, 0.2) is 0 Å². The topological polar surface area (TPSA) is 3.24 Å². The summed E-state index contributed by atoms with van der Waals surface area (Å²) in [5.41, 5.74) is 21.0. The summed E-state index contributed by atoms with van der Waals surface area (Å²) in [4.78, 5) is 2.43. The lowest BCUT2D eigenvalue weighted by Crippen LogP contribution is -2.18. The van der Waals surface area contributed by atoms with E-state index in [1.54, 1.807) is 0 Å². The summed E-state index contributed by atoms with van der Waals surface area (Å²) in [6.07, 6.45) is 6.76. The molecule has 1 heteroatoms. The molecule has 0 heterocycles. The number of benzene rings is 7. The zero-order valence-electron chi connectivity index (χ0n) is 32.6. The maximum atomic E-state index is 2.46. The molecule has 0 atom stereocenters. The van der Waals surface area contributed by atoms with Crippen LogP contribution >= 0.6 is 0 Å². The molecular formula is C54H49N. The van der Waals surface area contributed by atoms with Crippen molar-refractivity contribution in [3.63, 3.8) is 0 Å². The fraction of sp³-hybridized carbons (Fsp3) is 0.222. The van der Waals surface area contributed by atoms with Crippen LogP contribution in [-0.4, -0.2) is 0 Å². The van der Waals surface area contributed by atoms with Crippen molar-refractivity contribution in [2.24, 2.45) is 0 Å². The van der Waals surface area contributed by atoms with E-state index in [-0.39, 0.29) is 10.8 Å². The van der Waals surface area contributed by atoms with Crippen LogP contribution in [0.5, 0.6) is 0 Å². The Morgan fingerprint density at radius 3 is 1.84 bits per heavy atom. The van der Waals surface area contributed by atoms with Crippen LogP contribution in [0.3, 0.4) is 0 Å². The van der Waals surface area contributed by atoms with Crippen LogP contribution in [0.2, 0.25) is 0 Å². The molecule has 7 aromatic rings. The first-order chi connectivity index (χ1) is 26.8. The van der Waals surface area contributed by atoms with E-state index >= 15 is 0 Å². The van der Waals surface area contributed by atoms with E-state index in [1.165, 1.54) is 110 Å². The second kappa shape index (κ2) is 13.0. The summed E-state index contributed by atoms with van der Waals surface area (Å²) in [5.74, 6) is 0.714. The molecule has 270 valence electrons. The van der Waals surface area contributed by atoms with Crippen molar-refractivity contribution < 1.29 is 0 Å². The minimum atomic E-state index is -0.210. The van der Waals surface area contributed by atoms with Crippen LogP contribution in [0.4, 0.5) is 17.1 Å². The normalized spacial score (nSPS) is 16.2. The molecule has 0 radical (unpaired) electrons. The van der Waals surface area contributed by atoms with Crippen molar-refractivity contribution in [3.05, 3.63) is 186 Å². The second-order valence-electron chi connectivity index (χ2n) is 17.2. The number of anilines is 3. The lowest BCUT2D eigenvalue weighted by molar-refractivity contribution is 0.443. The molecule has 0 saturated heterocycles. The first-order valence-electron chi connectivity index (χ1n) is 20.4. The highest BCUT2D eigenvalue weighted by Gasteiger charge is 2.41. The SMILES string of the molecule is CC1(C)c2ccccc2-c2c(-c3cccc4c3C(C)(C)c3cc(N(c5ccccc5)c5cccc(-c6ccc(C7CCCCC7)cc6)c5)ccc3-4)cccc21. The van der Waals surface area contributed by atoms with Gasteiger partial charge in [-0.05, 0) is 127 Å². The Balaban J connectivity index is 1.06. The second-order valence-corrected chi connectivity index (χ2v) is 17.2. The number of nitrogens with zero attached hydrogens (tertiary/aromatic N) is 1. The number of hydrogen-bond donors (Lipinski definition) is 0. The zero-order valence-corrected chi connectivity index (χ0v) is 32.6. The summed E-state index contributed by atoms with van der Waals surface area (Å²) in [6, 6.07) is 59.5. The van der Waals surface area contributed by atoms with Gasteiger partial charge in [-0.3, -0.25) is 0 Å². The van der Waals surface area contributed by atoms with E-state index in [0.717, 1.165) is 11.4 Å². The third kappa shape index (κ3) is 5.42. The summed E-state index contributed by atoms with van der Waals surface area (Å²) in [5, 5.41) is 0. The number of fused-ring (bicyclic) bond motifs is 6. The summed E-state index contributed by atoms with van der Waals surface area (Å²) >= 11 is 0. The van der Waals surface area contributed by atoms with Crippen molar-refractivity contribution in [1.29, 1.82) is 0 Å². The van der Waals surface area contributed by atoms with E-state index in [2.05, 4.69) is 190 Å². The third-order valence-electron chi connectivity index (χ3n) is 13.3. The van der Waals surface area contributed by atoms with E-state index in [4.69, 9.17) is 0 Å². The van der Waals surface area contributed by atoms with E-state index in [1.807, 2.05) is 0 Å². The molecule has 7 aromatic carbocycles. The highest BCUT2D eigenvalue weighted by Crippen LogP contribution is 2.57. The number of para-hydroxylation sites is 1. The van der Waals surface area contributed by atoms with Gasteiger partial charge in [0, 0.05) is 27.9 Å². The largest absolute Gasteiger partial charge is 0.310 e. The van der Waals surface area contributed by atoms with Crippen LogP contribution in [0.15, 0.2) is 158 Å². The third-order valence-corrected chi connectivity index (χ3v) is 13.3. The van der Waals surface area contributed by atoms with Gasteiger partial charge in [0.25, 0.3) is 0 Å². The quantitative estimate of drug-likeness (QED) is 0.166. The fourth-order valence-corrected chi connectivity index (χ4v) is 10.4. The Morgan fingerprint density at radius 1 is 0.418 bits per heavy atom. The Hall–Kier alpha value is -5.66. The van der Waals surface area contributed by atoms with Gasteiger partial charge >= 0.3 is 0 Å². The molecule has 3 aliphatic rings. The van der Waals surface area contributed by atoms with Crippen molar-refractivity contribution in [1.82, 2.24) is 0 Å². The Morgan fingerprint density at radius 2 is 1.04 bits per heavy atom. The van der Waals surface area contributed by atoms with Gasteiger partial charge in [0.05, 0.1) is 0 Å². The van der Waals surface area contributed by atoms with Gasteiger partial charge in [-0.15, -0.1) is 0 Å². The summed E-state index contributed by atoms with van der Waals surface area (Å²) < 4.78 is 0. The molecule has 1 fully saturated rings. The van der Waals surface area contributed by atoms with E-state index < -0.39 is 0 Å². The molecule has 1 saturated carbocycles. The van der Waals surface area contributed by atoms with Gasteiger partial charge in [-0.2, -0.15) is 0 Å². The van der Waals surface area contributed by atoms with Gasteiger partial charge < -0.3 is 4.90 Å². The maximum Gasteiger partial charge on any atom is 0.0467 e. The Labute approximate surface area is 327 Å². The van der Waals surface area contributed by atoms with Crippen LogP contribution in [-0.2, 0) is 10.8 Å². The average Bonchev–Trinajstić information content (AvgIpc) is 3.61. The van der Waals surface area contributed by atoms with Crippen LogP contribution < -0.4 is 4.90 Å². The summed E-state index contributed by atoms with van der Waals surface area (Å²) in [6.45, 7) is 9.60. The first kappa shape index (κ1) is 33.9. The van der Waals surface area contributed by atoms with E-state index in [0.29, 0.717) is 5.92 Å². The highest BCUT2D eigenvalue weighted by molar-refractivity contribution is 5.97. The predicted octanol–water partition coefficient (Wildman–Crippen LogP) is 15.2. The molecule has 0 unspecified atom stereocenters. The fourth-order valence-electron chi connectivity index (χ4n) is 10.4. The van der Waals surface area contributed by atoms with Crippen LogP contribution in [0.25, 0.3) is 44.5 Å². The van der Waals surface area contributed by atoms with E-state index in [9.17, 15) is 0 Å². The minimum absolute atomic E-state index is 0.0378. The monoisotopic (exact) mass is 711 g/mol. The molecule has 0 bridgehead atoms. The minimum Gasteiger partial charge on any atom is -0.310 e. The molecule has 0 aliphatic heterocycles. The Kier molecular flexibility index (Phi) is 8.00. The zero-order chi connectivity index (χ0) is 37.3. The van der Waals surface area contributed by atoms with Gasteiger partial charge in [0.2, 0.25) is 0 Å². The smallest absolute Gasteiger partial charge is 0.0467 e. The van der Waals surface area contributed by atoms with Crippen LogP contribution in [0, 0.1) is 0 Å². The lowest BCUT2D eigenvalue weighted by Gasteiger charge is -2.29. The predicted molar refractivity (Wildman–Crippen MR) is 233 cm³/mol. The molecule has 0 N–H and O–H groups in total. The summed E-state index contributed by atoms with van der Waals surface area (Å²) in [7, 11) is 0. The van der Waals surface area contributed by atoms with Crippen molar-refractivity contribution in [2.45, 2.75) is 76.5 Å². The van der Waals surface area contributed by atoms with Crippen LogP contribution in [0.1, 0.15) is 93.5 Å². The first-order valence-corrected chi connectivity index (χ1v) is 20.4. The number of hydrogen-bond acceptors (Lipinski definition) is 1. The molecule has 0 spiro atoms. The molecule has 1 nitrogen and oxygen atoms in total. The highest BCUT2D eigenvalue weighted by atomic mass is 15.1. The van der Waals surface area contributed by atoms with Gasteiger partial charge in [-0.25, -0.2) is 0 Å². The van der Waals surface area contributed by atoms with Crippen molar-refractivity contribution in [3.8, 4) is 44.5 Å². The average molecular weight is 712 g/mol. The molecule has 3 aliphatic carbocycles. The number of rotatable bonds is 6. The molecule has 0 aromatic heterocycles. The van der Waals surface area contributed by atoms with Gasteiger partial charge in [-0.1, -0.05) is 168 Å². The molecule has 0 amide bonds. The van der Waals surface area contributed by atoms with Crippen molar-refractivity contribution >= 4 is 17.1 Å². The molecular weight excluding hydrogens is 663 g/mol.